The molecule has 1 atom stereocenters. The van der Waals surface area contributed by atoms with Crippen molar-refractivity contribution >= 4 is 30.9 Å². The molecule has 0 aromatic rings. The molecule has 0 aromatic carbocycles. The van der Waals surface area contributed by atoms with Crippen molar-refractivity contribution in [3.63, 3.8) is 0 Å². The second kappa shape index (κ2) is 6.43. The molecule has 0 heterocycles. The number of alkyl halides is 1. The lowest BCUT2D eigenvalue weighted by atomic mass is 10.6. The Hall–Kier alpha value is 0.907. The molecule has 0 saturated heterocycles. The normalized spacial score (nSPS) is 16.4. The molecule has 1 unspecified atom stereocenters. The van der Waals surface area contributed by atoms with Crippen molar-refractivity contribution in [2.24, 2.45) is 0 Å². The summed E-state index contributed by atoms with van der Waals surface area (Å²) in [5.41, 5.74) is 0. The highest BCUT2D eigenvalue weighted by molar-refractivity contribution is 14.1. The molecule has 0 saturated carbocycles. The second-order valence-electron chi connectivity index (χ2n) is 3.03. The Morgan fingerprint density at radius 2 is 2.00 bits per heavy atom. The lowest BCUT2D eigenvalue weighted by Crippen LogP contribution is -2.33. The molecule has 0 fully saturated rings. The van der Waals surface area contributed by atoms with Gasteiger partial charge < -0.3 is 4.43 Å². The van der Waals surface area contributed by atoms with Gasteiger partial charge in [-0.3, -0.25) is 0 Å². The molecule has 0 rings (SSSR count). The van der Waals surface area contributed by atoms with Crippen LogP contribution in [0.2, 0.25) is 18.6 Å². The molecular formula is C8H19IOSi. The van der Waals surface area contributed by atoms with E-state index in [0.717, 1.165) is 6.61 Å². The Morgan fingerprint density at radius 1 is 1.36 bits per heavy atom. The second-order valence-corrected chi connectivity index (χ2v) is 8.50. The van der Waals surface area contributed by atoms with Crippen LogP contribution in [0.1, 0.15) is 20.3 Å². The molecule has 0 aliphatic rings. The Labute approximate surface area is 85.2 Å². The van der Waals surface area contributed by atoms with Crippen LogP contribution < -0.4 is 0 Å². The fourth-order valence-electron chi connectivity index (χ4n) is 1.14. The lowest BCUT2D eigenvalue weighted by Gasteiger charge is -2.24. The van der Waals surface area contributed by atoms with Crippen molar-refractivity contribution in [1.82, 2.24) is 0 Å². The molecule has 0 radical (unpaired) electrons. The van der Waals surface area contributed by atoms with Gasteiger partial charge in [-0.15, -0.1) is 0 Å². The number of halogens is 1. The highest BCUT2D eigenvalue weighted by Crippen LogP contribution is 2.19. The van der Waals surface area contributed by atoms with Gasteiger partial charge in [0.05, 0.1) is 0 Å². The van der Waals surface area contributed by atoms with Crippen molar-refractivity contribution in [3.05, 3.63) is 0 Å². The first-order chi connectivity index (χ1) is 5.18. The number of hydrogen-bond donors (Lipinski definition) is 0. The van der Waals surface area contributed by atoms with Crippen molar-refractivity contribution < 1.29 is 4.43 Å². The van der Waals surface area contributed by atoms with E-state index in [1.54, 1.807) is 0 Å². The van der Waals surface area contributed by atoms with Crippen molar-refractivity contribution in [3.8, 4) is 0 Å². The summed E-state index contributed by atoms with van der Waals surface area (Å²) in [7, 11) is -1.25. The Bertz CT molecular complexity index is 100. The first-order valence-corrected chi connectivity index (χ1v) is 8.73. The van der Waals surface area contributed by atoms with Gasteiger partial charge in [-0.05, 0) is 36.4 Å². The third-order valence-electron chi connectivity index (χ3n) is 2.08. The molecule has 0 spiro atoms. The minimum absolute atomic E-state index is 0.901. The monoisotopic (exact) mass is 286 g/mol. The molecule has 0 amide bonds. The minimum Gasteiger partial charge on any atom is -0.417 e. The van der Waals surface area contributed by atoms with Crippen LogP contribution in [0.3, 0.4) is 0 Å². The van der Waals surface area contributed by atoms with Crippen LogP contribution in [0, 0.1) is 0 Å². The molecule has 0 aromatic heterocycles. The first-order valence-electron chi connectivity index (χ1n) is 4.38. The standard InChI is InChI=1S/C8H19IOSi/c1-4-10-11(3,5-2)8-6-7-9/h4-8H2,1-3H3. The Balaban J connectivity index is 3.68. The average Bonchev–Trinajstić information content (AvgIpc) is 2.02. The SMILES string of the molecule is CCO[Si](C)(CC)CCCI. The van der Waals surface area contributed by atoms with E-state index < -0.39 is 8.32 Å². The van der Waals surface area contributed by atoms with Crippen LogP contribution >= 0.6 is 22.6 Å². The summed E-state index contributed by atoms with van der Waals surface area (Å²) < 4.78 is 7.09. The summed E-state index contributed by atoms with van der Waals surface area (Å²) in [6.45, 7) is 7.61. The fraction of sp³-hybridized carbons (Fsp3) is 1.00. The van der Waals surface area contributed by atoms with E-state index in [0.29, 0.717) is 0 Å². The molecule has 3 heteroatoms. The Morgan fingerprint density at radius 3 is 2.36 bits per heavy atom. The topological polar surface area (TPSA) is 9.23 Å². The van der Waals surface area contributed by atoms with Crippen LogP contribution in [0.15, 0.2) is 0 Å². The smallest absolute Gasteiger partial charge is 0.189 e. The van der Waals surface area contributed by atoms with E-state index >= 15 is 0 Å². The highest BCUT2D eigenvalue weighted by atomic mass is 127. The van der Waals surface area contributed by atoms with Crippen molar-refractivity contribution in [1.29, 1.82) is 0 Å². The predicted molar refractivity (Wildman–Crippen MR) is 62.0 cm³/mol. The molecule has 0 N–H and O–H groups in total. The molecular weight excluding hydrogens is 267 g/mol. The van der Waals surface area contributed by atoms with Gasteiger partial charge in [0.25, 0.3) is 0 Å². The molecule has 0 aliphatic carbocycles. The third-order valence-corrected chi connectivity index (χ3v) is 6.74. The first kappa shape index (κ1) is 11.9. The van der Waals surface area contributed by atoms with Gasteiger partial charge in [-0.1, -0.05) is 29.5 Å². The Kier molecular flexibility index (Phi) is 6.96. The quantitative estimate of drug-likeness (QED) is 0.413. The van der Waals surface area contributed by atoms with E-state index in [-0.39, 0.29) is 0 Å². The average molecular weight is 286 g/mol. The maximum atomic E-state index is 5.82. The fourth-order valence-corrected chi connectivity index (χ4v) is 4.56. The predicted octanol–water partition coefficient (Wildman–Crippen LogP) is 3.44. The summed E-state index contributed by atoms with van der Waals surface area (Å²) in [5, 5.41) is 0. The number of hydrogen-bond acceptors (Lipinski definition) is 1. The van der Waals surface area contributed by atoms with Gasteiger partial charge in [-0.2, -0.15) is 0 Å². The van der Waals surface area contributed by atoms with Gasteiger partial charge in [0.15, 0.2) is 8.32 Å². The van der Waals surface area contributed by atoms with Gasteiger partial charge in [0.2, 0.25) is 0 Å². The summed E-state index contributed by atoms with van der Waals surface area (Å²) in [6.07, 6.45) is 1.33. The summed E-state index contributed by atoms with van der Waals surface area (Å²) >= 11 is 2.44. The van der Waals surface area contributed by atoms with E-state index in [2.05, 4.69) is 43.0 Å². The van der Waals surface area contributed by atoms with Crippen LogP contribution in [0.25, 0.3) is 0 Å². The lowest BCUT2D eigenvalue weighted by molar-refractivity contribution is 0.324. The molecule has 68 valence electrons. The summed E-state index contributed by atoms with van der Waals surface area (Å²) in [4.78, 5) is 0. The van der Waals surface area contributed by atoms with Gasteiger partial charge in [0.1, 0.15) is 0 Å². The van der Waals surface area contributed by atoms with Gasteiger partial charge in [0, 0.05) is 6.61 Å². The molecule has 1 nitrogen and oxygen atoms in total. The van der Waals surface area contributed by atoms with Crippen LogP contribution in [0.4, 0.5) is 0 Å². The van der Waals surface area contributed by atoms with E-state index in [1.807, 2.05) is 0 Å². The summed E-state index contributed by atoms with van der Waals surface area (Å²) in [5.74, 6) is 0. The van der Waals surface area contributed by atoms with Gasteiger partial charge in [-0.25, -0.2) is 0 Å². The third kappa shape index (κ3) is 5.19. The van der Waals surface area contributed by atoms with Crippen LogP contribution in [0.5, 0.6) is 0 Å². The van der Waals surface area contributed by atoms with Gasteiger partial charge >= 0.3 is 0 Å². The maximum absolute atomic E-state index is 5.82. The molecule has 0 aliphatic heterocycles. The largest absolute Gasteiger partial charge is 0.417 e. The minimum atomic E-state index is -1.25. The van der Waals surface area contributed by atoms with E-state index in [1.165, 1.54) is 22.9 Å². The zero-order chi connectivity index (χ0) is 8.74. The van der Waals surface area contributed by atoms with Crippen molar-refractivity contribution in [2.75, 3.05) is 11.0 Å². The van der Waals surface area contributed by atoms with E-state index in [4.69, 9.17) is 4.43 Å². The van der Waals surface area contributed by atoms with Crippen LogP contribution in [-0.2, 0) is 4.43 Å². The molecule has 0 bridgehead atoms. The maximum Gasteiger partial charge on any atom is 0.189 e. The zero-order valence-corrected chi connectivity index (χ0v) is 11.0. The summed E-state index contributed by atoms with van der Waals surface area (Å²) in [6, 6.07) is 2.60. The van der Waals surface area contributed by atoms with Crippen LogP contribution in [-0.4, -0.2) is 19.4 Å². The van der Waals surface area contributed by atoms with E-state index in [9.17, 15) is 0 Å². The number of rotatable bonds is 6. The molecule has 11 heavy (non-hydrogen) atoms. The highest BCUT2D eigenvalue weighted by Gasteiger charge is 2.24. The van der Waals surface area contributed by atoms with Crippen molar-refractivity contribution in [2.45, 2.75) is 38.9 Å². The zero-order valence-electron chi connectivity index (χ0n) is 7.82.